The van der Waals surface area contributed by atoms with Crippen LogP contribution < -0.4 is 10.6 Å². The maximum absolute atomic E-state index is 12.4. The van der Waals surface area contributed by atoms with Crippen LogP contribution in [0.3, 0.4) is 0 Å². The van der Waals surface area contributed by atoms with E-state index >= 15 is 0 Å². The minimum absolute atomic E-state index is 0.365. The van der Waals surface area contributed by atoms with E-state index in [4.69, 9.17) is 5.26 Å². The highest BCUT2D eigenvalue weighted by Crippen LogP contribution is 2.13. The Balaban J connectivity index is 1.60. The Morgan fingerprint density at radius 2 is 1.81 bits per heavy atom. The molecule has 0 aromatic heterocycles. The van der Waals surface area contributed by atoms with Crippen molar-refractivity contribution < 1.29 is 14.4 Å². The molecule has 3 rings (SSSR count). The number of nitriles is 1. The molecule has 4 amide bonds. The van der Waals surface area contributed by atoms with E-state index in [0.717, 1.165) is 10.5 Å². The number of benzene rings is 2. The predicted molar refractivity (Wildman–Crippen MR) is 94.0 cm³/mol. The summed E-state index contributed by atoms with van der Waals surface area (Å²) in [6, 6.07) is 16.4. The van der Waals surface area contributed by atoms with E-state index in [-0.39, 0.29) is 6.54 Å². The highest BCUT2D eigenvalue weighted by molar-refractivity contribution is 6.08. The minimum Gasteiger partial charge on any atom is -0.325 e. The van der Waals surface area contributed by atoms with Gasteiger partial charge >= 0.3 is 6.03 Å². The van der Waals surface area contributed by atoms with E-state index in [1.54, 1.807) is 24.3 Å². The number of amides is 4. The van der Waals surface area contributed by atoms with Gasteiger partial charge in [0.15, 0.2) is 0 Å². The number of carbonyl (C=O) groups is 3. The van der Waals surface area contributed by atoms with Crippen molar-refractivity contribution >= 4 is 23.5 Å². The number of anilines is 1. The summed E-state index contributed by atoms with van der Waals surface area (Å²) in [7, 11) is 0. The Bertz CT molecular complexity index is 872. The van der Waals surface area contributed by atoms with E-state index in [1.807, 2.05) is 36.4 Å². The van der Waals surface area contributed by atoms with Gasteiger partial charge in [0, 0.05) is 12.1 Å². The first-order chi connectivity index (χ1) is 12.6. The van der Waals surface area contributed by atoms with E-state index in [2.05, 4.69) is 10.6 Å². The standard InChI is InChI=1S/C19H16N4O3/c20-11-14-6-8-15(9-7-14)21-17(24)12-23-18(25)16(22-19(23)26)10-13-4-2-1-3-5-13/h1-9,16H,10,12H2,(H,21,24)(H,22,26)/t16-/m0/s1. The lowest BCUT2D eigenvalue weighted by Gasteiger charge is -2.13. The van der Waals surface area contributed by atoms with Crippen molar-refractivity contribution in [3.05, 3.63) is 65.7 Å². The third-order valence-electron chi connectivity index (χ3n) is 3.99. The molecule has 1 fully saturated rings. The van der Waals surface area contributed by atoms with Crippen LogP contribution in [0.25, 0.3) is 0 Å². The van der Waals surface area contributed by atoms with Gasteiger partial charge in [0.25, 0.3) is 5.91 Å². The fraction of sp³-hybridized carbons (Fsp3) is 0.158. The molecular formula is C19H16N4O3. The number of carbonyl (C=O) groups excluding carboxylic acids is 3. The van der Waals surface area contributed by atoms with E-state index in [1.165, 1.54) is 0 Å². The van der Waals surface area contributed by atoms with Gasteiger partial charge in [0.05, 0.1) is 11.6 Å². The summed E-state index contributed by atoms with van der Waals surface area (Å²) in [4.78, 5) is 37.5. The molecule has 0 bridgehead atoms. The van der Waals surface area contributed by atoms with Crippen LogP contribution in [-0.4, -0.2) is 35.3 Å². The van der Waals surface area contributed by atoms with Gasteiger partial charge in [-0.05, 0) is 29.8 Å². The van der Waals surface area contributed by atoms with Crippen LogP contribution in [0.15, 0.2) is 54.6 Å². The van der Waals surface area contributed by atoms with Gasteiger partial charge in [-0.3, -0.25) is 14.5 Å². The fourth-order valence-corrected chi connectivity index (χ4v) is 2.69. The minimum atomic E-state index is -0.674. The average Bonchev–Trinajstić information content (AvgIpc) is 2.90. The summed E-state index contributed by atoms with van der Waals surface area (Å²) in [5.74, 6) is -0.910. The van der Waals surface area contributed by atoms with Gasteiger partial charge in [-0.1, -0.05) is 30.3 Å². The number of nitrogens with zero attached hydrogens (tertiary/aromatic N) is 2. The number of hydrogen-bond acceptors (Lipinski definition) is 4. The Labute approximate surface area is 150 Å². The Hall–Kier alpha value is -3.66. The second-order valence-corrected chi connectivity index (χ2v) is 5.85. The molecule has 1 saturated heterocycles. The van der Waals surface area contributed by atoms with Gasteiger partial charge in [0.2, 0.25) is 5.91 Å². The summed E-state index contributed by atoms with van der Waals surface area (Å²) in [6.45, 7) is -0.365. The molecule has 0 saturated carbocycles. The number of urea groups is 1. The maximum Gasteiger partial charge on any atom is 0.325 e. The van der Waals surface area contributed by atoms with Gasteiger partial charge in [0.1, 0.15) is 12.6 Å². The molecule has 1 aliphatic rings. The molecule has 7 nitrogen and oxygen atoms in total. The van der Waals surface area contributed by atoms with Crippen LogP contribution >= 0.6 is 0 Å². The van der Waals surface area contributed by atoms with Gasteiger partial charge in [-0.15, -0.1) is 0 Å². The summed E-state index contributed by atoms with van der Waals surface area (Å²) >= 11 is 0. The van der Waals surface area contributed by atoms with Crippen LogP contribution in [0, 0.1) is 11.3 Å². The van der Waals surface area contributed by atoms with Crippen molar-refractivity contribution in [2.45, 2.75) is 12.5 Å². The quantitative estimate of drug-likeness (QED) is 0.802. The van der Waals surface area contributed by atoms with Crippen LogP contribution in [0.4, 0.5) is 10.5 Å². The summed E-state index contributed by atoms with van der Waals surface area (Å²) in [5.41, 5.74) is 1.89. The Kier molecular flexibility index (Phi) is 4.94. The lowest BCUT2D eigenvalue weighted by Crippen LogP contribution is -2.38. The Morgan fingerprint density at radius 3 is 2.46 bits per heavy atom. The summed E-state index contributed by atoms with van der Waals surface area (Å²) in [5, 5.41) is 14.0. The molecule has 0 spiro atoms. The smallest absolute Gasteiger partial charge is 0.325 e. The largest absolute Gasteiger partial charge is 0.325 e. The highest BCUT2D eigenvalue weighted by atomic mass is 16.2. The number of nitrogens with one attached hydrogen (secondary N) is 2. The zero-order valence-electron chi connectivity index (χ0n) is 13.8. The van der Waals surface area contributed by atoms with Crippen molar-refractivity contribution in [1.29, 1.82) is 5.26 Å². The second-order valence-electron chi connectivity index (χ2n) is 5.85. The third kappa shape index (κ3) is 3.87. The van der Waals surface area contributed by atoms with E-state index < -0.39 is 23.9 Å². The van der Waals surface area contributed by atoms with E-state index in [0.29, 0.717) is 17.7 Å². The molecule has 26 heavy (non-hydrogen) atoms. The molecule has 2 aromatic carbocycles. The first kappa shape index (κ1) is 17.2. The van der Waals surface area contributed by atoms with Crippen LogP contribution in [0.2, 0.25) is 0 Å². The van der Waals surface area contributed by atoms with Gasteiger partial charge in [-0.25, -0.2) is 4.79 Å². The number of hydrogen-bond donors (Lipinski definition) is 2. The molecule has 2 N–H and O–H groups in total. The van der Waals surface area contributed by atoms with Crippen molar-refractivity contribution in [2.24, 2.45) is 0 Å². The Morgan fingerprint density at radius 1 is 1.12 bits per heavy atom. The molecule has 2 aromatic rings. The monoisotopic (exact) mass is 348 g/mol. The van der Waals surface area contributed by atoms with Crippen molar-refractivity contribution in [3.63, 3.8) is 0 Å². The normalized spacial score (nSPS) is 16.1. The molecule has 1 aliphatic heterocycles. The van der Waals surface area contributed by atoms with Gasteiger partial charge < -0.3 is 10.6 Å². The van der Waals surface area contributed by atoms with Crippen LogP contribution in [0.1, 0.15) is 11.1 Å². The maximum atomic E-state index is 12.4. The van der Waals surface area contributed by atoms with Gasteiger partial charge in [-0.2, -0.15) is 5.26 Å². The molecule has 0 radical (unpaired) electrons. The topological polar surface area (TPSA) is 102 Å². The third-order valence-corrected chi connectivity index (χ3v) is 3.99. The second kappa shape index (κ2) is 7.49. The molecule has 0 unspecified atom stereocenters. The zero-order chi connectivity index (χ0) is 18.5. The molecule has 130 valence electrons. The zero-order valence-corrected chi connectivity index (χ0v) is 13.8. The summed E-state index contributed by atoms with van der Waals surface area (Å²) in [6.07, 6.45) is 0.374. The molecule has 1 atom stereocenters. The highest BCUT2D eigenvalue weighted by Gasteiger charge is 2.38. The van der Waals surface area contributed by atoms with Crippen LogP contribution in [0.5, 0.6) is 0 Å². The van der Waals surface area contributed by atoms with Crippen molar-refractivity contribution in [2.75, 3.05) is 11.9 Å². The average molecular weight is 348 g/mol. The van der Waals surface area contributed by atoms with E-state index in [9.17, 15) is 14.4 Å². The molecule has 0 aliphatic carbocycles. The fourth-order valence-electron chi connectivity index (χ4n) is 2.69. The van der Waals surface area contributed by atoms with Crippen molar-refractivity contribution in [1.82, 2.24) is 10.2 Å². The number of rotatable bonds is 5. The first-order valence-electron chi connectivity index (χ1n) is 8.02. The SMILES string of the molecule is N#Cc1ccc(NC(=O)CN2C(=O)N[C@@H](Cc3ccccc3)C2=O)cc1. The van der Waals surface area contributed by atoms with Crippen LogP contribution in [-0.2, 0) is 16.0 Å². The molecule has 1 heterocycles. The summed E-state index contributed by atoms with van der Waals surface area (Å²) < 4.78 is 0. The number of imide groups is 1. The molecular weight excluding hydrogens is 332 g/mol. The molecule has 7 heteroatoms. The lowest BCUT2D eigenvalue weighted by atomic mass is 10.1. The van der Waals surface area contributed by atoms with Crippen molar-refractivity contribution in [3.8, 4) is 6.07 Å². The predicted octanol–water partition coefficient (Wildman–Crippen LogP) is 1.66. The lowest BCUT2D eigenvalue weighted by molar-refractivity contribution is -0.130. The first-order valence-corrected chi connectivity index (χ1v) is 8.02.